The van der Waals surface area contributed by atoms with Crippen LogP contribution in [0.5, 0.6) is 11.5 Å². The Labute approximate surface area is 244 Å². The number of hydrogen-bond donors (Lipinski definition) is 1. The number of hydrogen-bond acceptors (Lipinski definition) is 6. The number of ether oxygens (including phenoxy) is 2. The van der Waals surface area contributed by atoms with Crippen LogP contribution in [-0.2, 0) is 9.59 Å². The molecule has 1 saturated heterocycles. The standard InChI is InChI=1S/C29H26BrClN2O5S/c1-17-4-5-19(3)25(12-17)37-11-10-33-28(35)26(39-29(33)36)14-20-7-9-24(22(30)13-20)38-16-27(34)32-21-8-6-18(2)23(31)15-21/h4-9,12-15H,10-11,16H2,1-3H3,(H,32,34)/b26-14-. The molecule has 0 radical (unpaired) electrons. The molecule has 1 heterocycles. The number of anilines is 1. The van der Waals surface area contributed by atoms with E-state index in [4.69, 9.17) is 21.1 Å². The quantitative estimate of drug-likeness (QED) is 0.253. The highest BCUT2D eigenvalue weighted by Crippen LogP contribution is 2.34. The predicted octanol–water partition coefficient (Wildman–Crippen LogP) is 7.16. The van der Waals surface area contributed by atoms with Crippen molar-refractivity contribution in [2.45, 2.75) is 20.8 Å². The molecule has 202 valence electrons. The first-order valence-electron chi connectivity index (χ1n) is 12.0. The molecule has 1 aliphatic heterocycles. The summed E-state index contributed by atoms with van der Waals surface area (Å²) in [5.74, 6) is 0.502. The minimum absolute atomic E-state index is 0.155. The van der Waals surface area contributed by atoms with Crippen molar-refractivity contribution in [2.75, 3.05) is 25.1 Å². The van der Waals surface area contributed by atoms with Crippen LogP contribution in [0.15, 0.2) is 64.0 Å². The first kappa shape index (κ1) is 28.7. The molecule has 3 aromatic carbocycles. The molecular formula is C29H26BrClN2O5S. The van der Waals surface area contributed by atoms with Crippen LogP contribution < -0.4 is 14.8 Å². The number of carbonyl (C=O) groups is 3. The summed E-state index contributed by atoms with van der Waals surface area (Å²) in [7, 11) is 0. The number of rotatable bonds is 9. The molecule has 3 amide bonds. The summed E-state index contributed by atoms with van der Waals surface area (Å²) >= 11 is 10.4. The lowest BCUT2D eigenvalue weighted by Gasteiger charge is -2.14. The molecule has 3 aromatic rings. The summed E-state index contributed by atoms with van der Waals surface area (Å²) in [6, 6.07) is 16.4. The average molecular weight is 630 g/mol. The van der Waals surface area contributed by atoms with Crippen molar-refractivity contribution in [3.05, 3.63) is 91.3 Å². The maximum absolute atomic E-state index is 12.9. The summed E-state index contributed by atoms with van der Waals surface area (Å²) in [6.07, 6.45) is 1.65. The second-order valence-corrected chi connectivity index (χ2v) is 11.2. The number of carbonyl (C=O) groups excluding carboxylic acids is 3. The van der Waals surface area contributed by atoms with Crippen LogP contribution in [0.2, 0.25) is 5.02 Å². The Morgan fingerprint density at radius 3 is 2.51 bits per heavy atom. The Bertz CT molecular complexity index is 1480. The third-order valence-corrected chi connectivity index (χ3v) is 7.79. The van der Waals surface area contributed by atoms with E-state index in [1.165, 1.54) is 4.90 Å². The minimum Gasteiger partial charge on any atom is -0.491 e. The number of imide groups is 1. The summed E-state index contributed by atoms with van der Waals surface area (Å²) in [5.41, 5.74) is 4.26. The van der Waals surface area contributed by atoms with Crippen molar-refractivity contribution in [3.63, 3.8) is 0 Å². The summed E-state index contributed by atoms with van der Waals surface area (Å²) in [5, 5.41) is 2.97. The van der Waals surface area contributed by atoms with Crippen molar-refractivity contribution in [2.24, 2.45) is 0 Å². The molecule has 0 spiro atoms. The number of halogens is 2. The SMILES string of the molecule is Cc1ccc(C)c(OCCN2C(=O)S/C(=C\c3ccc(OCC(=O)Nc4ccc(C)c(Cl)c4)c(Br)c3)C2=O)c1. The van der Waals surface area contributed by atoms with Crippen LogP contribution in [-0.4, -0.2) is 41.7 Å². The highest BCUT2D eigenvalue weighted by Gasteiger charge is 2.34. The van der Waals surface area contributed by atoms with E-state index in [0.29, 0.717) is 31.4 Å². The van der Waals surface area contributed by atoms with Crippen LogP contribution in [0.25, 0.3) is 6.08 Å². The third kappa shape index (κ3) is 7.44. The van der Waals surface area contributed by atoms with Crippen molar-refractivity contribution >= 4 is 68.1 Å². The molecule has 0 unspecified atom stereocenters. The van der Waals surface area contributed by atoms with Gasteiger partial charge in [0.2, 0.25) is 0 Å². The second kappa shape index (κ2) is 12.7. The first-order chi connectivity index (χ1) is 18.6. The lowest BCUT2D eigenvalue weighted by atomic mass is 10.1. The normalized spacial score (nSPS) is 14.2. The molecule has 1 N–H and O–H groups in total. The van der Waals surface area contributed by atoms with Crippen LogP contribution in [0.1, 0.15) is 22.3 Å². The fraction of sp³-hybridized carbons (Fsp3) is 0.207. The van der Waals surface area contributed by atoms with Gasteiger partial charge in [-0.1, -0.05) is 35.9 Å². The van der Waals surface area contributed by atoms with Gasteiger partial charge in [-0.05, 0) is 107 Å². The molecule has 0 aliphatic carbocycles. The fourth-order valence-corrected chi connectivity index (χ4v) is 5.25. The van der Waals surface area contributed by atoms with E-state index in [0.717, 1.165) is 34.2 Å². The van der Waals surface area contributed by atoms with Gasteiger partial charge in [0.15, 0.2) is 6.61 Å². The predicted molar refractivity (Wildman–Crippen MR) is 159 cm³/mol. The molecule has 1 fully saturated rings. The lowest BCUT2D eigenvalue weighted by molar-refractivity contribution is -0.123. The van der Waals surface area contributed by atoms with Crippen LogP contribution in [0, 0.1) is 20.8 Å². The monoisotopic (exact) mass is 628 g/mol. The Kier molecular flexibility index (Phi) is 9.37. The topological polar surface area (TPSA) is 84.9 Å². The van der Waals surface area contributed by atoms with E-state index in [2.05, 4.69) is 21.2 Å². The van der Waals surface area contributed by atoms with Gasteiger partial charge in [0, 0.05) is 10.7 Å². The number of benzene rings is 3. The average Bonchev–Trinajstić information content (AvgIpc) is 3.15. The summed E-state index contributed by atoms with van der Waals surface area (Å²) < 4.78 is 12.1. The van der Waals surface area contributed by atoms with E-state index in [9.17, 15) is 14.4 Å². The van der Waals surface area contributed by atoms with Crippen molar-refractivity contribution in [3.8, 4) is 11.5 Å². The Morgan fingerprint density at radius 2 is 1.77 bits per heavy atom. The van der Waals surface area contributed by atoms with Gasteiger partial charge >= 0.3 is 0 Å². The zero-order chi connectivity index (χ0) is 28.1. The van der Waals surface area contributed by atoms with Gasteiger partial charge in [-0.3, -0.25) is 19.3 Å². The molecule has 0 aromatic heterocycles. The molecule has 0 atom stereocenters. The number of thioether (sulfide) groups is 1. The lowest BCUT2D eigenvalue weighted by Crippen LogP contribution is -2.32. The highest BCUT2D eigenvalue weighted by molar-refractivity contribution is 9.10. The van der Waals surface area contributed by atoms with E-state index in [1.54, 1.807) is 36.4 Å². The Hall–Kier alpha value is -3.27. The van der Waals surface area contributed by atoms with Gasteiger partial charge in [0.1, 0.15) is 18.1 Å². The summed E-state index contributed by atoms with van der Waals surface area (Å²) in [4.78, 5) is 39.2. The van der Waals surface area contributed by atoms with Crippen molar-refractivity contribution in [1.82, 2.24) is 4.90 Å². The first-order valence-corrected chi connectivity index (χ1v) is 14.0. The van der Waals surface area contributed by atoms with Gasteiger partial charge in [-0.25, -0.2) is 0 Å². The molecular weight excluding hydrogens is 604 g/mol. The smallest absolute Gasteiger partial charge is 0.293 e. The van der Waals surface area contributed by atoms with Crippen LogP contribution in [0.3, 0.4) is 0 Å². The maximum Gasteiger partial charge on any atom is 0.293 e. The fourth-order valence-electron chi connectivity index (χ4n) is 3.69. The zero-order valence-electron chi connectivity index (χ0n) is 21.5. The molecule has 0 bridgehead atoms. The van der Waals surface area contributed by atoms with Crippen LogP contribution >= 0.6 is 39.3 Å². The zero-order valence-corrected chi connectivity index (χ0v) is 24.7. The van der Waals surface area contributed by atoms with Gasteiger partial charge in [-0.2, -0.15) is 0 Å². The Morgan fingerprint density at radius 1 is 1.00 bits per heavy atom. The van der Waals surface area contributed by atoms with Gasteiger partial charge < -0.3 is 14.8 Å². The number of amides is 3. The van der Waals surface area contributed by atoms with Gasteiger partial charge in [-0.15, -0.1) is 0 Å². The second-order valence-electron chi connectivity index (χ2n) is 8.94. The molecule has 39 heavy (non-hydrogen) atoms. The molecule has 1 aliphatic rings. The van der Waals surface area contributed by atoms with E-state index >= 15 is 0 Å². The summed E-state index contributed by atoms with van der Waals surface area (Å²) in [6.45, 7) is 5.97. The minimum atomic E-state index is -0.362. The van der Waals surface area contributed by atoms with Crippen molar-refractivity contribution in [1.29, 1.82) is 0 Å². The third-order valence-electron chi connectivity index (χ3n) is 5.86. The largest absolute Gasteiger partial charge is 0.491 e. The molecule has 10 heteroatoms. The number of nitrogens with one attached hydrogen (secondary N) is 1. The highest BCUT2D eigenvalue weighted by atomic mass is 79.9. The number of nitrogens with zero attached hydrogens (tertiary/aromatic N) is 1. The molecule has 4 rings (SSSR count). The molecule has 0 saturated carbocycles. The number of aryl methyl sites for hydroxylation is 3. The van der Waals surface area contributed by atoms with Crippen molar-refractivity contribution < 1.29 is 23.9 Å². The van der Waals surface area contributed by atoms with Crippen LogP contribution in [0.4, 0.5) is 10.5 Å². The Balaban J connectivity index is 1.32. The molecule has 7 nitrogen and oxygen atoms in total. The van der Waals surface area contributed by atoms with Gasteiger partial charge in [0.25, 0.3) is 17.1 Å². The maximum atomic E-state index is 12.9. The van der Waals surface area contributed by atoms with E-state index < -0.39 is 0 Å². The van der Waals surface area contributed by atoms with Gasteiger partial charge in [0.05, 0.1) is 15.9 Å². The van der Waals surface area contributed by atoms with E-state index in [-0.39, 0.29) is 36.8 Å². The van der Waals surface area contributed by atoms with E-state index in [1.807, 2.05) is 45.0 Å².